The van der Waals surface area contributed by atoms with Gasteiger partial charge in [-0.3, -0.25) is 4.79 Å². The van der Waals surface area contributed by atoms with Gasteiger partial charge in [0, 0.05) is 13.7 Å². The third kappa shape index (κ3) is 2.92. The molecule has 1 amide bonds. The lowest BCUT2D eigenvalue weighted by Crippen LogP contribution is -2.51. The van der Waals surface area contributed by atoms with Gasteiger partial charge in [0.15, 0.2) is 5.82 Å². The highest BCUT2D eigenvalue weighted by atomic mass is 16.5. The van der Waals surface area contributed by atoms with Crippen LogP contribution in [0.3, 0.4) is 0 Å². The van der Waals surface area contributed by atoms with E-state index in [9.17, 15) is 4.79 Å². The lowest BCUT2D eigenvalue weighted by molar-refractivity contribution is -0.125. The van der Waals surface area contributed by atoms with Crippen LogP contribution in [-0.4, -0.2) is 45.4 Å². The number of carbonyl (C=O) groups is 1. The van der Waals surface area contributed by atoms with Gasteiger partial charge in [0.2, 0.25) is 5.91 Å². The zero-order chi connectivity index (χ0) is 14.7. The van der Waals surface area contributed by atoms with Crippen molar-refractivity contribution in [1.82, 2.24) is 25.5 Å². The van der Waals surface area contributed by atoms with Gasteiger partial charge < -0.3 is 10.1 Å². The minimum atomic E-state index is -0.239. The number of rotatable bonds is 4. The fourth-order valence-electron chi connectivity index (χ4n) is 3.59. The number of tetrazole rings is 1. The summed E-state index contributed by atoms with van der Waals surface area (Å²) in [7, 11) is 1.69. The van der Waals surface area contributed by atoms with Crippen molar-refractivity contribution in [3.8, 4) is 0 Å². The molecule has 7 heteroatoms. The SMILES string of the molecule is COCC1(NC(=O)[C@H]2CCCCn3nnnc32)CCCC1. The van der Waals surface area contributed by atoms with E-state index in [1.165, 1.54) is 0 Å². The van der Waals surface area contributed by atoms with Crippen LogP contribution >= 0.6 is 0 Å². The van der Waals surface area contributed by atoms with Crippen molar-refractivity contribution in [3.63, 3.8) is 0 Å². The van der Waals surface area contributed by atoms with Gasteiger partial charge in [-0.15, -0.1) is 5.10 Å². The second-order valence-electron chi connectivity index (χ2n) is 6.22. The van der Waals surface area contributed by atoms with Crippen LogP contribution in [-0.2, 0) is 16.1 Å². The maximum atomic E-state index is 12.8. The largest absolute Gasteiger partial charge is 0.382 e. The third-order valence-corrected chi connectivity index (χ3v) is 4.67. The zero-order valence-electron chi connectivity index (χ0n) is 12.5. The molecule has 1 aliphatic carbocycles. The van der Waals surface area contributed by atoms with Gasteiger partial charge in [0.25, 0.3) is 0 Å². The molecule has 0 unspecified atom stereocenters. The van der Waals surface area contributed by atoms with E-state index in [1.54, 1.807) is 11.8 Å². The maximum absolute atomic E-state index is 12.8. The molecule has 1 saturated carbocycles. The molecule has 7 nitrogen and oxygen atoms in total. The first-order valence-corrected chi connectivity index (χ1v) is 7.81. The third-order valence-electron chi connectivity index (χ3n) is 4.67. The molecule has 1 atom stereocenters. The molecule has 21 heavy (non-hydrogen) atoms. The lowest BCUT2D eigenvalue weighted by atomic mass is 9.95. The van der Waals surface area contributed by atoms with E-state index in [0.717, 1.165) is 51.5 Å². The summed E-state index contributed by atoms with van der Waals surface area (Å²) in [6.45, 7) is 1.38. The van der Waals surface area contributed by atoms with E-state index < -0.39 is 0 Å². The predicted molar refractivity (Wildman–Crippen MR) is 75.6 cm³/mol. The molecular formula is C14H23N5O2. The quantitative estimate of drug-likeness (QED) is 0.896. The first kappa shape index (κ1) is 14.4. The summed E-state index contributed by atoms with van der Waals surface area (Å²) in [4.78, 5) is 12.8. The molecule has 116 valence electrons. The Balaban J connectivity index is 1.76. The van der Waals surface area contributed by atoms with Crippen LogP contribution in [0.4, 0.5) is 0 Å². The summed E-state index contributed by atoms with van der Waals surface area (Å²) in [6.07, 6.45) is 7.12. The number of hydrogen-bond acceptors (Lipinski definition) is 5. The van der Waals surface area contributed by atoms with Gasteiger partial charge in [-0.05, 0) is 36.1 Å². The van der Waals surface area contributed by atoms with E-state index in [1.807, 2.05) is 0 Å². The zero-order valence-corrected chi connectivity index (χ0v) is 12.5. The number of methoxy groups -OCH3 is 1. The fourth-order valence-corrected chi connectivity index (χ4v) is 3.59. The highest BCUT2D eigenvalue weighted by Crippen LogP contribution is 2.32. The molecule has 1 fully saturated rings. The van der Waals surface area contributed by atoms with Crippen molar-refractivity contribution < 1.29 is 9.53 Å². The van der Waals surface area contributed by atoms with Crippen LogP contribution in [0, 0.1) is 0 Å². The minimum absolute atomic E-state index is 0.0481. The number of hydrogen-bond donors (Lipinski definition) is 1. The van der Waals surface area contributed by atoms with Crippen molar-refractivity contribution in [1.29, 1.82) is 0 Å². The molecule has 0 saturated heterocycles. The average Bonchev–Trinajstić information content (AvgIpc) is 3.06. The van der Waals surface area contributed by atoms with E-state index >= 15 is 0 Å². The number of ether oxygens (including phenoxy) is 1. The Labute approximate surface area is 124 Å². The van der Waals surface area contributed by atoms with Crippen LogP contribution in [0.1, 0.15) is 56.7 Å². The van der Waals surface area contributed by atoms with Crippen LogP contribution in [0.2, 0.25) is 0 Å². The first-order chi connectivity index (χ1) is 10.2. The van der Waals surface area contributed by atoms with Crippen LogP contribution < -0.4 is 5.32 Å². The fraction of sp³-hybridized carbons (Fsp3) is 0.857. The molecule has 2 aliphatic rings. The van der Waals surface area contributed by atoms with Crippen LogP contribution in [0.15, 0.2) is 0 Å². The number of aromatic nitrogens is 4. The average molecular weight is 293 g/mol. The van der Waals surface area contributed by atoms with Crippen molar-refractivity contribution in [2.24, 2.45) is 0 Å². The van der Waals surface area contributed by atoms with Crippen molar-refractivity contribution >= 4 is 5.91 Å². The molecule has 1 aromatic heterocycles. The number of amides is 1. The van der Waals surface area contributed by atoms with Crippen molar-refractivity contribution in [2.45, 2.75) is 62.9 Å². The summed E-state index contributed by atoms with van der Waals surface area (Å²) in [5.74, 6) is 0.513. The van der Waals surface area contributed by atoms with Gasteiger partial charge in [-0.2, -0.15) is 0 Å². The second kappa shape index (κ2) is 6.09. The molecule has 1 N–H and O–H groups in total. The van der Waals surface area contributed by atoms with E-state index in [-0.39, 0.29) is 17.4 Å². The Bertz CT molecular complexity index is 495. The summed E-state index contributed by atoms with van der Waals surface area (Å²) in [6, 6.07) is 0. The molecule has 0 bridgehead atoms. The van der Waals surface area contributed by atoms with Gasteiger partial charge in [0.05, 0.1) is 18.1 Å². The standard InChI is InChI=1S/C14H23N5O2/c1-21-10-14(7-3-4-8-14)15-13(20)11-6-2-5-9-19-12(11)16-17-18-19/h11H,2-10H2,1H3,(H,15,20)/t11-/m0/s1. The number of aryl methyl sites for hydroxylation is 1. The van der Waals surface area contributed by atoms with E-state index in [0.29, 0.717) is 12.4 Å². The van der Waals surface area contributed by atoms with E-state index in [4.69, 9.17) is 4.74 Å². The molecule has 0 spiro atoms. The van der Waals surface area contributed by atoms with Crippen molar-refractivity contribution in [3.05, 3.63) is 5.82 Å². The summed E-state index contributed by atoms with van der Waals surface area (Å²) in [5, 5.41) is 15.0. The highest BCUT2D eigenvalue weighted by molar-refractivity contribution is 5.83. The molecule has 2 heterocycles. The summed E-state index contributed by atoms with van der Waals surface area (Å²) >= 11 is 0. The Morgan fingerprint density at radius 2 is 2.19 bits per heavy atom. The normalized spacial score (nSPS) is 24.3. The Morgan fingerprint density at radius 3 is 2.95 bits per heavy atom. The lowest BCUT2D eigenvalue weighted by Gasteiger charge is -2.31. The smallest absolute Gasteiger partial charge is 0.231 e. The Hall–Kier alpha value is -1.50. The first-order valence-electron chi connectivity index (χ1n) is 7.81. The highest BCUT2D eigenvalue weighted by Gasteiger charge is 2.38. The second-order valence-corrected chi connectivity index (χ2v) is 6.22. The van der Waals surface area contributed by atoms with Gasteiger partial charge >= 0.3 is 0 Å². The molecule has 0 aromatic carbocycles. The topological polar surface area (TPSA) is 81.9 Å². The van der Waals surface area contributed by atoms with Gasteiger partial charge in [0.1, 0.15) is 0 Å². The monoisotopic (exact) mass is 293 g/mol. The number of nitrogens with zero attached hydrogens (tertiary/aromatic N) is 4. The van der Waals surface area contributed by atoms with Gasteiger partial charge in [-0.25, -0.2) is 4.68 Å². The molecule has 1 aliphatic heterocycles. The molecule has 0 radical (unpaired) electrons. The predicted octanol–water partition coefficient (Wildman–Crippen LogP) is 1.02. The molecular weight excluding hydrogens is 270 g/mol. The molecule has 1 aromatic rings. The number of nitrogens with one attached hydrogen (secondary N) is 1. The van der Waals surface area contributed by atoms with Crippen LogP contribution in [0.25, 0.3) is 0 Å². The number of carbonyl (C=O) groups excluding carboxylic acids is 1. The van der Waals surface area contributed by atoms with E-state index in [2.05, 4.69) is 20.8 Å². The molecule has 3 rings (SSSR count). The summed E-state index contributed by atoms with van der Waals surface area (Å²) in [5.41, 5.74) is -0.198. The minimum Gasteiger partial charge on any atom is -0.382 e. The van der Waals surface area contributed by atoms with Crippen LogP contribution in [0.5, 0.6) is 0 Å². The number of fused-ring (bicyclic) bond motifs is 1. The maximum Gasteiger partial charge on any atom is 0.231 e. The van der Waals surface area contributed by atoms with Gasteiger partial charge in [-0.1, -0.05) is 19.3 Å². The van der Waals surface area contributed by atoms with Crippen molar-refractivity contribution in [2.75, 3.05) is 13.7 Å². The Morgan fingerprint density at radius 1 is 1.38 bits per heavy atom. The summed E-state index contributed by atoms with van der Waals surface area (Å²) < 4.78 is 7.11. The Kier molecular flexibility index (Phi) is 4.19.